The summed E-state index contributed by atoms with van der Waals surface area (Å²) in [5, 5.41) is 14.6. The van der Waals surface area contributed by atoms with E-state index in [2.05, 4.69) is 12.2 Å². The molecular formula is C20H23NO4. The van der Waals surface area contributed by atoms with E-state index in [0.29, 0.717) is 11.3 Å². The van der Waals surface area contributed by atoms with Crippen LogP contribution >= 0.6 is 0 Å². The Hall–Kier alpha value is -2.56. The predicted octanol–water partition coefficient (Wildman–Crippen LogP) is 3.40. The first-order valence-electron chi connectivity index (χ1n) is 8.73. The number of amides is 1. The van der Waals surface area contributed by atoms with Gasteiger partial charge >= 0.3 is 5.97 Å². The molecule has 0 saturated heterocycles. The van der Waals surface area contributed by atoms with Crippen LogP contribution in [0.15, 0.2) is 36.4 Å². The van der Waals surface area contributed by atoms with Crippen molar-refractivity contribution in [1.29, 1.82) is 0 Å². The molecule has 2 aromatic carbocycles. The standard InChI is InChI=1S/C20H23NO4/c1-13-6-2-5-9-17(13)21-18(22)12-25-20(24)16-11-10-14-7-3-4-8-15(14)19(16)23/h3-4,7-8,10-11,13,17,23H,2,5-6,9,12H2,1H3,(H,21,22)/t13-,17-/m1/s1. The zero-order valence-electron chi connectivity index (χ0n) is 14.3. The van der Waals surface area contributed by atoms with Gasteiger partial charge in [0.15, 0.2) is 6.61 Å². The van der Waals surface area contributed by atoms with Crippen LogP contribution in [0, 0.1) is 5.92 Å². The van der Waals surface area contributed by atoms with Gasteiger partial charge in [-0.2, -0.15) is 0 Å². The number of esters is 1. The monoisotopic (exact) mass is 341 g/mol. The largest absolute Gasteiger partial charge is 0.506 e. The zero-order chi connectivity index (χ0) is 17.8. The fraction of sp³-hybridized carbons (Fsp3) is 0.400. The first kappa shape index (κ1) is 17.3. The van der Waals surface area contributed by atoms with Gasteiger partial charge in [0.05, 0.1) is 0 Å². The number of benzene rings is 2. The van der Waals surface area contributed by atoms with Crippen molar-refractivity contribution >= 4 is 22.6 Å². The van der Waals surface area contributed by atoms with Crippen molar-refractivity contribution in [2.45, 2.75) is 38.6 Å². The summed E-state index contributed by atoms with van der Waals surface area (Å²) < 4.78 is 5.09. The normalized spacial score (nSPS) is 20.2. The average Bonchev–Trinajstić information content (AvgIpc) is 2.62. The molecule has 0 bridgehead atoms. The molecule has 2 N–H and O–H groups in total. The van der Waals surface area contributed by atoms with E-state index in [-0.39, 0.29) is 29.9 Å². The first-order chi connectivity index (χ1) is 12.1. The Morgan fingerprint density at radius 3 is 2.72 bits per heavy atom. The number of hydrogen-bond acceptors (Lipinski definition) is 4. The summed E-state index contributed by atoms with van der Waals surface area (Å²) in [6, 6.07) is 10.6. The molecule has 25 heavy (non-hydrogen) atoms. The lowest BCUT2D eigenvalue weighted by atomic mass is 9.86. The highest BCUT2D eigenvalue weighted by Crippen LogP contribution is 2.29. The van der Waals surface area contributed by atoms with Crippen LogP contribution in [-0.2, 0) is 9.53 Å². The topological polar surface area (TPSA) is 75.6 Å². The van der Waals surface area contributed by atoms with Gasteiger partial charge in [0.1, 0.15) is 11.3 Å². The molecule has 1 fully saturated rings. The maximum atomic E-state index is 12.2. The highest BCUT2D eigenvalue weighted by Gasteiger charge is 2.23. The summed E-state index contributed by atoms with van der Waals surface area (Å²) >= 11 is 0. The van der Waals surface area contributed by atoms with Gasteiger partial charge in [-0.25, -0.2) is 4.79 Å². The summed E-state index contributed by atoms with van der Waals surface area (Å²) in [5.74, 6) is -0.676. The molecule has 0 spiro atoms. The van der Waals surface area contributed by atoms with Crippen LogP contribution in [-0.4, -0.2) is 29.6 Å². The lowest BCUT2D eigenvalue weighted by Gasteiger charge is -2.29. The molecule has 3 rings (SSSR count). The highest BCUT2D eigenvalue weighted by molar-refractivity contribution is 6.01. The van der Waals surface area contributed by atoms with Crippen molar-refractivity contribution in [3.8, 4) is 5.75 Å². The maximum Gasteiger partial charge on any atom is 0.342 e. The third-order valence-electron chi connectivity index (χ3n) is 4.91. The molecule has 0 unspecified atom stereocenters. The summed E-state index contributed by atoms with van der Waals surface area (Å²) in [4.78, 5) is 24.2. The van der Waals surface area contributed by atoms with Crippen LogP contribution in [0.3, 0.4) is 0 Å². The Balaban J connectivity index is 1.61. The number of fused-ring (bicyclic) bond motifs is 1. The van der Waals surface area contributed by atoms with Gasteiger partial charge in [0.2, 0.25) is 0 Å². The average molecular weight is 341 g/mol. The zero-order valence-corrected chi connectivity index (χ0v) is 14.3. The van der Waals surface area contributed by atoms with Crippen molar-refractivity contribution < 1.29 is 19.4 Å². The van der Waals surface area contributed by atoms with E-state index in [4.69, 9.17) is 4.74 Å². The Labute approximate surface area is 147 Å². The summed E-state index contributed by atoms with van der Waals surface area (Å²) in [7, 11) is 0. The molecule has 0 heterocycles. The van der Waals surface area contributed by atoms with Gasteiger partial charge in [-0.05, 0) is 30.2 Å². The summed E-state index contributed by atoms with van der Waals surface area (Å²) in [6.07, 6.45) is 4.38. The molecule has 0 aromatic heterocycles. The second-order valence-electron chi connectivity index (χ2n) is 6.69. The Bertz CT molecular complexity index is 786. The number of rotatable bonds is 4. The summed E-state index contributed by atoms with van der Waals surface area (Å²) in [6.45, 7) is 1.79. The predicted molar refractivity (Wildman–Crippen MR) is 95.5 cm³/mol. The first-order valence-corrected chi connectivity index (χ1v) is 8.73. The third kappa shape index (κ3) is 3.92. The van der Waals surface area contributed by atoms with E-state index < -0.39 is 5.97 Å². The Morgan fingerprint density at radius 2 is 1.92 bits per heavy atom. The van der Waals surface area contributed by atoms with E-state index in [1.807, 2.05) is 12.1 Å². The molecule has 0 aliphatic heterocycles. The molecular weight excluding hydrogens is 318 g/mol. The van der Waals surface area contributed by atoms with Gasteiger partial charge in [0.25, 0.3) is 5.91 Å². The molecule has 5 nitrogen and oxygen atoms in total. The van der Waals surface area contributed by atoms with Crippen molar-refractivity contribution in [2.24, 2.45) is 5.92 Å². The van der Waals surface area contributed by atoms with E-state index in [1.165, 1.54) is 12.5 Å². The van der Waals surface area contributed by atoms with Gasteiger partial charge in [-0.1, -0.05) is 50.1 Å². The number of hydrogen-bond donors (Lipinski definition) is 2. The highest BCUT2D eigenvalue weighted by atomic mass is 16.5. The van der Waals surface area contributed by atoms with Gasteiger partial charge < -0.3 is 15.2 Å². The number of phenolic OH excluding ortho intramolecular Hbond substituents is 1. The van der Waals surface area contributed by atoms with E-state index >= 15 is 0 Å². The fourth-order valence-corrected chi connectivity index (χ4v) is 3.41. The third-order valence-corrected chi connectivity index (χ3v) is 4.91. The van der Waals surface area contributed by atoms with Crippen LogP contribution in [0.2, 0.25) is 0 Å². The second-order valence-corrected chi connectivity index (χ2v) is 6.69. The summed E-state index contributed by atoms with van der Waals surface area (Å²) in [5.41, 5.74) is 0.0672. The lowest BCUT2D eigenvalue weighted by Crippen LogP contribution is -2.42. The quantitative estimate of drug-likeness (QED) is 0.836. The molecule has 5 heteroatoms. The minimum absolute atomic E-state index is 0.0672. The number of ether oxygens (including phenoxy) is 1. The Morgan fingerprint density at radius 1 is 1.16 bits per heavy atom. The number of carbonyl (C=O) groups excluding carboxylic acids is 2. The van der Waals surface area contributed by atoms with E-state index in [1.54, 1.807) is 18.2 Å². The maximum absolute atomic E-state index is 12.2. The SMILES string of the molecule is C[C@@H]1CCCC[C@H]1NC(=O)COC(=O)c1ccc2ccccc2c1O. The molecule has 1 aliphatic rings. The molecule has 1 amide bonds. The van der Waals surface area contributed by atoms with Crippen LogP contribution in [0.25, 0.3) is 10.8 Å². The van der Waals surface area contributed by atoms with E-state index in [0.717, 1.165) is 24.6 Å². The smallest absolute Gasteiger partial charge is 0.342 e. The van der Waals surface area contributed by atoms with Gasteiger partial charge in [0, 0.05) is 11.4 Å². The van der Waals surface area contributed by atoms with Crippen LogP contribution in [0.4, 0.5) is 0 Å². The number of aromatic hydroxyl groups is 1. The number of nitrogens with one attached hydrogen (secondary N) is 1. The van der Waals surface area contributed by atoms with Gasteiger partial charge in [-0.3, -0.25) is 4.79 Å². The van der Waals surface area contributed by atoms with Gasteiger partial charge in [-0.15, -0.1) is 0 Å². The van der Waals surface area contributed by atoms with Crippen molar-refractivity contribution in [1.82, 2.24) is 5.32 Å². The molecule has 0 radical (unpaired) electrons. The fourth-order valence-electron chi connectivity index (χ4n) is 3.41. The van der Waals surface area contributed by atoms with Crippen molar-refractivity contribution in [3.05, 3.63) is 42.0 Å². The second kappa shape index (κ2) is 7.55. The lowest BCUT2D eigenvalue weighted by molar-refractivity contribution is -0.125. The molecule has 132 valence electrons. The molecule has 2 atom stereocenters. The minimum atomic E-state index is -0.699. The van der Waals surface area contributed by atoms with Crippen LogP contribution in [0.5, 0.6) is 5.75 Å². The number of carbonyl (C=O) groups is 2. The van der Waals surface area contributed by atoms with Crippen LogP contribution < -0.4 is 5.32 Å². The number of phenols is 1. The van der Waals surface area contributed by atoms with Crippen molar-refractivity contribution in [2.75, 3.05) is 6.61 Å². The molecule has 2 aromatic rings. The van der Waals surface area contributed by atoms with E-state index in [9.17, 15) is 14.7 Å². The molecule has 1 aliphatic carbocycles. The van der Waals surface area contributed by atoms with Crippen molar-refractivity contribution in [3.63, 3.8) is 0 Å². The Kier molecular flexibility index (Phi) is 5.22. The molecule has 1 saturated carbocycles. The minimum Gasteiger partial charge on any atom is -0.506 e. The van der Waals surface area contributed by atoms with Crippen LogP contribution in [0.1, 0.15) is 43.0 Å².